The zero-order chi connectivity index (χ0) is 24.1. The van der Waals surface area contributed by atoms with Crippen LogP contribution in [0.2, 0.25) is 0 Å². The maximum Gasteiger partial charge on any atom is 0.246 e. The number of nitrogens with zero attached hydrogens (tertiary/aromatic N) is 3. The summed E-state index contributed by atoms with van der Waals surface area (Å²) in [4.78, 5) is 31.7. The average molecular weight is 451 g/mol. The number of amides is 2. The van der Waals surface area contributed by atoms with Gasteiger partial charge in [0.15, 0.2) is 0 Å². The van der Waals surface area contributed by atoms with Crippen molar-refractivity contribution in [3.63, 3.8) is 0 Å². The number of halogens is 1. The Morgan fingerprint density at radius 1 is 1.09 bits per heavy atom. The standard InChI is InChI=1S/C26H31FN4O2/c1-17(2)13-25(33)30(18(3)4)16-24(32)29-26-28-23(20-9-7-6-8-10-20)15-31(26)21-12-11-19(5)22(27)14-21/h6-12,14-15,17-18H,13,16H2,1-5H3,(H,28,29,32). The molecule has 33 heavy (non-hydrogen) atoms. The van der Waals surface area contributed by atoms with Crippen molar-refractivity contribution in [1.29, 1.82) is 0 Å². The summed E-state index contributed by atoms with van der Waals surface area (Å²) < 4.78 is 15.9. The first kappa shape index (κ1) is 24.2. The molecule has 2 aromatic carbocycles. The number of anilines is 1. The molecule has 0 radical (unpaired) electrons. The van der Waals surface area contributed by atoms with Crippen molar-refractivity contribution >= 4 is 17.8 Å². The van der Waals surface area contributed by atoms with Crippen LogP contribution in [0, 0.1) is 18.7 Å². The van der Waals surface area contributed by atoms with E-state index in [0.717, 1.165) is 5.56 Å². The minimum absolute atomic E-state index is 0.0657. The molecule has 1 aromatic heterocycles. The van der Waals surface area contributed by atoms with Crippen LogP contribution in [0.25, 0.3) is 16.9 Å². The second kappa shape index (κ2) is 10.4. The number of carbonyl (C=O) groups excluding carboxylic acids is 2. The molecule has 3 rings (SSSR count). The van der Waals surface area contributed by atoms with Crippen LogP contribution < -0.4 is 5.32 Å². The Kier molecular flexibility index (Phi) is 7.63. The highest BCUT2D eigenvalue weighted by molar-refractivity contribution is 5.94. The minimum Gasteiger partial charge on any atom is -0.331 e. The van der Waals surface area contributed by atoms with Crippen LogP contribution in [0.5, 0.6) is 0 Å². The molecular formula is C26H31FN4O2. The van der Waals surface area contributed by atoms with Gasteiger partial charge in [0, 0.05) is 24.2 Å². The summed E-state index contributed by atoms with van der Waals surface area (Å²) in [6, 6.07) is 14.3. The van der Waals surface area contributed by atoms with E-state index in [2.05, 4.69) is 10.3 Å². The van der Waals surface area contributed by atoms with E-state index >= 15 is 0 Å². The van der Waals surface area contributed by atoms with Crippen LogP contribution in [0.3, 0.4) is 0 Å². The Morgan fingerprint density at radius 3 is 2.39 bits per heavy atom. The molecule has 0 unspecified atom stereocenters. The highest BCUT2D eigenvalue weighted by Crippen LogP contribution is 2.25. The van der Waals surface area contributed by atoms with Crippen LogP contribution in [-0.2, 0) is 9.59 Å². The molecule has 0 fully saturated rings. The second-order valence-electron chi connectivity index (χ2n) is 8.88. The topological polar surface area (TPSA) is 67.2 Å². The van der Waals surface area contributed by atoms with Gasteiger partial charge in [-0.25, -0.2) is 9.37 Å². The molecule has 1 heterocycles. The number of carbonyl (C=O) groups is 2. The summed E-state index contributed by atoms with van der Waals surface area (Å²) in [5.41, 5.74) is 2.59. The smallest absolute Gasteiger partial charge is 0.246 e. The Bertz CT molecular complexity index is 1120. The number of aryl methyl sites for hydroxylation is 1. The van der Waals surface area contributed by atoms with Crippen LogP contribution in [0.4, 0.5) is 10.3 Å². The third-order valence-electron chi connectivity index (χ3n) is 5.30. The largest absolute Gasteiger partial charge is 0.331 e. The number of hydrogen-bond acceptors (Lipinski definition) is 3. The molecular weight excluding hydrogens is 419 g/mol. The molecule has 0 bridgehead atoms. The molecule has 0 aliphatic rings. The van der Waals surface area contributed by atoms with Gasteiger partial charge >= 0.3 is 0 Å². The van der Waals surface area contributed by atoms with E-state index in [-0.39, 0.29) is 42.1 Å². The Hall–Kier alpha value is -3.48. The Labute approximate surface area is 194 Å². The Balaban J connectivity index is 1.92. The van der Waals surface area contributed by atoms with Crippen LogP contribution in [-0.4, -0.2) is 38.9 Å². The third-order valence-corrected chi connectivity index (χ3v) is 5.30. The van der Waals surface area contributed by atoms with E-state index in [1.807, 2.05) is 58.0 Å². The molecule has 6 nitrogen and oxygen atoms in total. The lowest BCUT2D eigenvalue weighted by atomic mass is 10.1. The van der Waals surface area contributed by atoms with E-state index in [9.17, 15) is 14.0 Å². The van der Waals surface area contributed by atoms with Gasteiger partial charge in [0.25, 0.3) is 0 Å². The molecule has 0 aliphatic heterocycles. The number of nitrogens with one attached hydrogen (secondary N) is 1. The van der Waals surface area contributed by atoms with Crippen molar-refractivity contribution in [2.45, 2.75) is 47.1 Å². The quantitative estimate of drug-likeness (QED) is 0.512. The fraction of sp³-hybridized carbons (Fsp3) is 0.346. The number of imidazole rings is 1. The van der Waals surface area contributed by atoms with Crippen molar-refractivity contribution in [2.24, 2.45) is 5.92 Å². The van der Waals surface area contributed by atoms with Gasteiger partial charge in [-0.3, -0.25) is 19.5 Å². The number of aromatic nitrogens is 2. The van der Waals surface area contributed by atoms with Gasteiger partial charge in [-0.15, -0.1) is 0 Å². The lowest BCUT2D eigenvalue weighted by molar-refractivity contribution is -0.137. The molecule has 0 atom stereocenters. The van der Waals surface area contributed by atoms with Crippen molar-refractivity contribution in [3.8, 4) is 16.9 Å². The van der Waals surface area contributed by atoms with Gasteiger partial charge in [-0.05, 0) is 44.4 Å². The molecule has 3 aromatic rings. The summed E-state index contributed by atoms with van der Waals surface area (Å²) >= 11 is 0. The first-order valence-corrected chi connectivity index (χ1v) is 11.2. The van der Waals surface area contributed by atoms with E-state index < -0.39 is 0 Å². The lowest BCUT2D eigenvalue weighted by Crippen LogP contribution is -2.43. The zero-order valence-electron chi connectivity index (χ0n) is 19.8. The van der Waals surface area contributed by atoms with E-state index in [0.29, 0.717) is 23.4 Å². The number of hydrogen-bond donors (Lipinski definition) is 1. The van der Waals surface area contributed by atoms with Gasteiger partial charge in [0.1, 0.15) is 12.4 Å². The molecule has 0 aliphatic carbocycles. The second-order valence-corrected chi connectivity index (χ2v) is 8.88. The fourth-order valence-corrected chi connectivity index (χ4v) is 3.49. The van der Waals surface area contributed by atoms with Gasteiger partial charge in [-0.1, -0.05) is 50.2 Å². The van der Waals surface area contributed by atoms with Gasteiger partial charge in [0.05, 0.1) is 11.4 Å². The molecule has 0 saturated heterocycles. The minimum atomic E-state index is -0.361. The summed E-state index contributed by atoms with van der Waals surface area (Å²) in [7, 11) is 0. The molecule has 174 valence electrons. The molecule has 2 amide bonds. The number of benzene rings is 2. The van der Waals surface area contributed by atoms with Crippen LogP contribution >= 0.6 is 0 Å². The fourth-order valence-electron chi connectivity index (χ4n) is 3.49. The normalized spacial score (nSPS) is 11.2. The highest BCUT2D eigenvalue weighted by Gasteiger charge is 2.22. The van der Waals surface area contributed by atoms with E-state index in [1.165, 1.54) is 6.07 Å². The SMILES string of the molecule is Cc1ccc(-n2cc(-c3ccccc3)nc2NC(=O)CN(C(=O)CC(C)C)C(C)C)cc1F. The van der Waals surface area contributed by atoms with Crippen molar-refractivity contribution in [2.75, 3.05) is 11.9 Å². The van der Waals surface area contributed by atoms with Gasteiger partial charge < -0.3 is 4.90 Å². The Morgan fingerprint density at radius 2 is 1.79 bits per heavy atom. The molecule has 0 spiro atoms. The summed E-state index contributed by atoms with van der Waals surface area (Å²) in [6.45, 7) is 9.32. The maximum absolute atomic E-state index is 14.3. The van der Waals surface area contributed by atoms with E-state index in [1.54, 1.807) is 34.7 Å². The summed E-state index contributed by atoms with van der Waals surface area (Å²) in [5, 5.41) is 2.82. The number of rotatable bonds is 8. The molecule has 7 heteroatoms. The highest BCUT2D eigenvalue weighted by atomic mass is 19.1. The first-order chi connectivity index (χ1) is 15.7. The van der Waals surface area contributed by atoms with Crippen LogP contribution in [0.15, 0.2) is 54.7 Å². The molecule has 0 saturated carbocycles. The van der Waals surface area contributed by atoms with E-state index in [4.69, 9.17) is 0 Å². The summed E-state index contributed by atoms with van der Waals surface area (Å²) in [6.07, 6.45) is 2.14. The van der Waals surface area contributed by atoms with Crippen molar-refractivity contribution in [3.05, 3.63) is 66.1 Å². The first-order valence-electron chi connectivity index (χ1n) is 11.2. The summed E-state index contributed by atoms with van der Waals surface area (Å²) in [5.74, 6) is -0.304. The predicted molar refractivity (Wildman–Crippen MR) is 129 cm³/mol. The predicted octanol–water partition coefficient (Wildman–Crippen LogP) is 5.21. The lowest BCUT2D eigenvalue weighted by Gasteiger charge is -2.27. The van der Waals surface area contributed by atoms with Gasteiger partial charge in [0.2, 0.25) is 17.8 Å². The van der Waals surface area contributed by atoms with Crippen LogP contribution in [0.1, 0.15) is 39.7 Å². The monoisotopic (exact) mass is 450 g/mol. The zero-order valence-corrected chi connectivity index (χ0v) is 19.8. The van der Waals surface area contributed by atoms with Gasteiger partial charge in [-0.2, -0.15) is 0 Å². The van der Waals surface area contributed by atoms with Crippen molar-refractivity contribution in [1.82, 2.24) is 14.5 Å². The third kappa shape index (κ3) is 6.06. The van der Waals surface area contributed by atoms with Crippen molar-refractivity contribution < 1.29 is 14.0 Å². The maximum atomic E-state index is 14.3. The molecule has 1 N–H and O–H groups in total. The average Bonchev–Trinajstić information content (AvgIpc) is 3.17.